The zero-order chi connectivity index (χ0) is 20.1. The maximum atomic E-state index is 13.4. The van der Waals surface area contributed by atoms with E-state index in [9.17, 15) is 4.79 Å². The fourth-order valence-electron chi connectivity index (χ4n) is 3.91. The molecule has 0 saturated carbocycles. The lowest BCUT2D eigenvalue weighted by Crippen LogP contribution is -2.48. The number of nitrogens with zero attached hydrogens (tertiary/aromatic N) is 3. The van der Waals surface area contributed by atoms with E-state index >= 15 is 0 Å². The summed E-state index contributed by atoms with van der Waals surface area (Å²) in [6.45, 7) is 6.26. The van der Waals surface area contributed by atoms with Crippen LogP contribution in [0.25, 0.3) is 11.3 Å². The smallest absolute Gasteiger partial charge is 0.272 e. The number of aromatic nitrogens is 2. The van der Waals surface area contributed by atoms with E-state index in [1.807, 2.05) is 29.2 Å². The lowest BCUT2D eigenvalue weighted by atomic mass is 10.1. The summed E-state index contributed by atoms with van der Waals surface area (Å²) in [6, 6.07) is 9.50. The second kappa shape index (κ2) is 9.71. The quantitative estimate of drug-likeness (QED) is 0.781. The second-order valence-electron chi connectivity index (χ2n) is 7.44. The minimum absolute atomic E-state index is 0.0176. The third kappa shape index (κ3) is 4.98. The Labute approximate surface area is 175 Å². The Hall–Kier alpha value is -1.93. The van der Waals surface area contributed by atoms with Crippen LogP contribution in [-0.2, 0) is 9.47 Å². The molecule has 8 heteroatoms. The van der Waals surface area contributed by atoms with Crippen LogP contribution >= 0.6 is 11.6 Å². The molecular weight excluding hydrogens is 392 g/mol. The first-order chi connectivity index (χ1) is 14.2. The van der Waals surface area contributed by atoms with Gasteiger partial charge in [-0.3, -0.25) is 14.8 Å². The summed E-state index contributed by atoms with van der Waals surface area (Å²) in [6.07, 6.45) is 1.72. The van der Waals surface area contributed by atoms with Gasteiger partial charge in [0.25, 0.3) is 5.91 Å². The van der Waals surface area contributed by atoms with Crippen molar-refractivity contribution >= 4 is 17.5 Å². The highest BCUT2D eigenvalue weighted by atomic mass is 35.5. The number of benzene rings is 1. The molecule has 2 saturated heterocycles. The Balaban J connectivity index is 1.50. The van der Waals surface area contributed by atoms with Crippen LogP contribution in [0.3, 0.4) is 0 Å². The largest absolute Gasteiger partial charge is 0.381 e. The molecule has 29 heavy (non-hydrogen) atoms. The molecule has 1 aromatic heterocycles. The molecule has 2 fully saturated rings. The van der Waals surface area contributed by atoms with Gasteiger partial charge < -0.3 is 14.4 Å². The molecule has 2 aromatic rings. The SMILES string of the molecule is O=C(c1cc(-c2ccccc2Cl)n[nH]1)N(CCN1CCOCC1)C1CCOCC1. The molecule has 0 radical (unpaired) electrons. The van der Waals surface area contributed by atoms with Gasteiger partial charge in [0.15, 0.2) is 0 Å². The van der Waals surface area contributed by atoms with Gasteiger partial charge in [0.1, 0.15) is 5.69 Å². The van der Waals surface area contributed by atoms with Gasteiger partial charge in [-0.1, -0.05) is 29.8 Å². The zero-order valence-corrected chi connectivity index (χ0v) is 17.2. The first-order valence-corrected chi connectivity index (χ1v) is 10.6. The summed E-state index contributed by atoms with van der Waals surface area (Å²) in [5.74, 6) is -0.0176. The number of halogens is 1. The third-order valence-electron chi connectivity index (χ3n) is 5.61. The third-order valence-corrected chi connectivity index (χ3v) is 5.94. The highest BCUT2D eigenvalue weighted by molar-refractivity contribution is 6.33. The first-order valence-electron chi connectivity index (χ1n) is 10.2. The van der Waals surface area contributed by atoms with Crippen LogP contribution in [0.5, 0.6) is 0 Å². The predicted molar refractivity (Wildman–Crippen MR) is 111 cm³/mol. The van der Waals surface area contributed by atoms with Crippen molar-refractivity contribution in [1.82, 2.24) is 20.0 Å². The number of ether oxygens (including phenoxy) is 2. The lowest BCUT2D eigenvalue weighted by Gasteiger charge is -2.36. The van der Waals surface area contributed by atoms with Gasteiger partial charge in [0.2, 0.25) is 0 Å². The van der Waals surface area contributed by atoms with Crippen LogP contribution in [0.4, 0.5) is 0 Å². The normalized spacial score (nSPS) is 18.7. The molecule has 156 valence electrons. The van der Waals surface area contributed by atoms with E-state index in [0.717, 1.165) is 51.3 Å². The number of nitrogens with one attached hydrogen (secondary N) is 1. The lowest BCUT2D eigenvalue weighted by molar-refractivity contribution is 0.0139. The maximum Gasteiger partial charge on any atom is 0.272 e. The monoisotopic (exact) mass is 418 g/mol. The van der Waals surface area contributed by atoms with Gasteiger partial charge in [-0.25, -0.2) is 0 Å². The number of rotatable bonds is 6. The van der Waals surface area contributed by atoms with E-state index in [0.29, 0.717) is 36.2 Å². The van der Waals surface area contributed by atoms with E-state index in [1.165, 1.54) is 0 Å². The van der Waals surface area contributed by atoms with Crippen molar-refractivity contribution in [2.24, 2.45) is 0 Å². The van der Waals surface area contributed by atoms with Crippen molar-refractivity contribution in [2.75, 3.05) is 52.6 Å². The Morgan fingerprint density at radius 2 is 1.90 bits per heavy atom. The Morgan fingerprint density at radius 3 is 2.66 bits per heavy atom. The Kier molecular flexibility index (Phi) is 6.82. The molecule has 1 aromatic carbocycles. The fourth-order valence-corrected chi connectivity index (χ4v) is 4.15. The molecule has 1 amide bonds. The molecule has 0 atom stereocenters. The molecule has 7 nitrogen and oxygen atoms in total. The number of aromatic amines is 1. The van der Waals surface area contributed by atoms with Crippen molar-refractivity contribution in [3.8, 4) is 11.3 Å². The van der Waals surface area contributed by atoms with E-state index in [4.69, 9.17) is 21.1 Å². The van der Waals surface area contributed by atoms with Crippen LogP contribution in [-0.4, -0.2) is 84.6 Å². The highest BCUT2D eigenvalue weighted by Crippen LogP contribution is 2.27. The average Bonchev–Trinajstić information content (AvgIpc) is 3.26. The van der Waals surface area contributed by atoms with Crippen LogP contribution in [0, 0.1) is 0 Å². The molecule has 1 N–H and O–H groups in total. The topological polar surface area (TPSA) is 70.7 Å². The van der Waals surface area contributed by atoms with Crippen molar-refractivity contribution in [3.63, 3.8) is 0 Å². The van der Waals surface area contributed by atoms with E-state index in [1.54, 1.807) is 6.07 Å². The molecule has 0 aliphatic carbocycles. The number of H-pyrrole nitrogens is 1. The number of hydrogen-bond acceptors (Lipinski definition) is 5. The average molecular weight is 419 g/mol. The van der Waals surface area contributed by atoms with Gasteiger partial charge in [0, 0.05) is 51.0 Å². The first kappa shape index (κ1) is 20.3. The minimum atomic E-state index is -0.0176. The van der Waals surface area contributed by atoms with Gasteiger partial charge >= 0.3 is 0 Å². The minimum Gasteiger partial charge on any atom is -0.381 e. The van der Waals surface area contributed by atoms with Crippen LogP contribution in [0.1, 0.15) is 23.3 Å². The number of carbonyl (C=O) groups excluding carboxylic acids is 1. The van der Waals surface area contributed by atoms with Gasteiger partial charge in [-0.2, -0.15) is 5.10 Å². The molecule has 0 unspecified atom stereocenters. The zero-order valence-electron chi connectivity index (χ0n) is 16.5. The molecule has 2 aliphatic heterocycles. The molecule has 2 aliphatic rings. The van der Waals surface area contributed by atoms with Crippen molar-refractivity contribution < 1.29 is 14.3 Å². The van der Waals surface area contributed by atoms with Crippen molar-refractivity contribution in [3.05, 3.63) is 41.0 Å². The van der Waals surface area contributed by atoms with Crippen LogP contribution in [0.15, 0.2) is 30.3 Å². The fraction of sp³-hybridized carbons (Fsp3) is 0.524. The van der Waals surface area contributed by atoms with E-state index < -0.39 is 0 Å². The number of hydrogen-bond donors (Lipinski definition) is 1. The van der Waals surface area contributed by atoms with Crippen molar-refractivity contribution in [2.45, 2.75) is 18.9 Å². The van der Waals surface area contributed by atoms with Crippen LogP contribution < -0.4 is 0 Å². The highest BCUT2D eigenvalue weighted by Gasteiger charge is 2.28. The second-order valence-corrected chi connectivity index (χ2v) is 7.85. The molecule has 0 bridgehead atoms. The molecule has 0 spiro atoms. The standard InChI is InChI=1S/C21H27ClN4O3/c22-18-4-2-1-3-17(18)19-15-20(24-23-19)21(27)26(16-5-11-28-12-6-16)8-7-25-9-13-29-14-10-25/h1-4,15-16H,5-14H2,(H,23,24). The van der Waals surface area contributed by atoms with Crippen LogP contribution in [0.2, 0.25) is 5.02 Å². The maximum absolute atomic E-state index is 13.4. The molecule has 3 heterocycles. The van der Waals surface area contributed by atoms with Gasteiger partial charge in [-0.05, 0) is 25.0 Å². The summed E-state index contributed by atoms with van der Waals surface area (Å²) in [5.41, 5.74) is 1.99. The number of carbonyl (C=O) groups is 1. The summed E-state index contributed by atoms with van der Waals surface area (Å²) in [4.78, 5) is 17.7. The van der Waals surface area contributed by atoms with Crippen molar-refractivity contribution in [1.29, 1.82) is 0 Å². The molecule has 4 rings (SSSR count). The molecular formula is C21H27ClN4O3. The van der Waals surface area contributed by atoms with Gasteiger partial charge in [0.05, 0.1) is 23.9 Å². The van der Waals surface area contributed by atoms with E-state index in [-0.39, 0.29) is 11.9 Å². The predicted octanol–water partition coefficient (Wildman–Crippen LogP) is 2.68. The summed E-state index contributed by atoms with van der Waals surface area (Å²) in [5, 5.41) is 7.88. The Morgan fingerprint density at radius 1 is 1.17 bits per heavy atom. The van der Waals surface area contributed by atoms with Gasteiger partial charge in [-0.15, -0.1) is 0 Å². The van der Waals surface area contributed by atoms with E-state index in [2.05, 4.69) is 15.1 Å². The number of amides is 1. The number of morpholine rings is 1. The summed E-state index contributed by atoms with van der Waals surface area (Å²) < 4.78 is 10.9. The Bertz CT molecular complexity index is 816. The summed E-state index contributed by atoms with van der Waals surface area (Å²) in [7, 11) is 0. The summed E-state index contributed by atoms with van der Waals surface area (Å²) >= 11 is 6.29.